The van der Waals surface area contributed by atoms with Crippen LogP contribution >= 0.6 is 23.1 Å². The third kappa shape index (κ3) is 2.80. The molecular weight excluding hydrogens is 306 g/mol. The molecule has 0 bridgehead atoms. The summed E-state index contributed by atoms with van der Waals surface area (Å²) in [5.74, 6) is -0.124. The number of nitrogens with zero attached hydrogens (tertiary/aromatic N) is 2. The highest BCUT2D eigenvalue weighted by atomic mass is 35.5. The Morgan fingerprint density at radius 2 is 2.29 bits per heavy atom. The van der Waals surface area contributed by atoms with Crippen molar-refractivity contribution in [1.82, 2.24) is 14.9 Å². The van der Waals surface area contributed by atoms with Gasteiger partial charge in [0.1, 0.15) is 4.88 Å². The normalized spacial score (nSPS) is 20.3. The molecular formula is C15H16ClN3OS. The van der Waals surface area contributed by atoms with E-state index in [-0.39, 0.29) is 17.3 Å². The molecule has 1 aliphatic carbocycles. The SMILES string of the molecule is CCCc1nnsc1C(=O)NC1c2ccccc2CC1Cl. The number of fused-ring (bicyclic) bond motifs is 1. The molecule has 1 heterocycles. The minimum atomic E-state index is -0.146. The number of nitrogens with one attached hydrogen (secondary N) is 1. The Bertz CT molecular complexity index is 658. The van der Waals surface area contributed by atoms with Crippen LogP contribution in [0.15, 0.2) is 24.3 Å². The molecule has 1 N–H and O–H groups in total. The zero-order chi connectivity index (χ0) is 14.8. The van der Waals surface area contributed by atoms with Crippen molar-refractivity contribution in [1.29, 1.82) is 0 Å². The molecule has 0 spiro atoms. The second kappa shape index (κ2) is 6.12. The fourth-order valence-corrected chi connectivity index (χ4v) is 3.68. The van der Waals surface area contributed by atoms with Gasteiger partial charge in [-0.3, -0.25) is 4.79 Å². The molecule has 4 nitrogen and oxygen atoms in total. The van der Waals surface area contributed by atoms with Crippen LogP contribution < -0.4 is 5.32 Å². The van der Waals surface area contributed by atoms with Crippen LogP contribution in [-0.2, 0) is 12.8 Å². The Balaban J connectivity index is 1.80. The van der Waals surface area contributed by atoms with E-state index in [0.717, 1.165) is 42.1 Å². The lowest BCUT2D eigenvalue weighted by molar-refractivity contribution is 0.0940. The van der Waals surface area contributed by atoms with Gasteiger partial charge >= 0.3 is 0 Å². The van der Waals surface area contributed by atoms with Crippen LogP contribution in [0.3, 0.4) is 0 Å². The summed E-state index contributed by atoms with van der Waals surface area (Å²) < 4.78 is 3.90. The highest BCUT2D eigenvalue weighted by Gasteiger charge is 2.32. The maximum absolute atomic E-state index is 12.5. The number of halogens is 1. The first-order valence-electron chi connectivity index (χ1n) is 7.04. The van der Waals surface area contributed by atoms with Crippen molar-refractivity contribution >= 4 is 29.0 Å². The van der Waals surface area contributed by atoms with E-state index in [2.05, 4.69) is 27.9 Å². The summed E-state index contributed by atoms with van der Waals surface area (Å²) in [6.07, 6.45) is 2.49. The average Bonchev–Trinajstić information content (AvgIpc) is 3.05. The summed E-state index contributed by atoms with van der Waals surface area (Å²) in [5.41, 5.74) is 3.09. The van der Waals surface area contributed by atoms with Gasteiger partial charge in [0.15, 0.2) is 0 Å². The third-order valence-corrected chi connectivity index (χ3v) is 4.88. The maximum atomic E-state index is 12.5. The first-order chi connectivity index (χ1) is 10.2. The topological polar surface area (TPSA) is 54.9 Å². The minimum Gasteiger partial charge on any atom is -0.343 e. The van der Waals surface area contributed by atoms with Gasteiger partial charge in [-0.1, -0.05) is 42.1 Å². The number of carbonyl (C=O) groups is 1. The van der Waals surface area contributed by atoms with Gasteiger partial charge in [-0.25, -0.2) is 0 Å². The number of aromatic nitrogens is 2. The molecule has 110 valence electrons. The molecule has 0 saturated carbocycles. The summed E-state index contributed by atoms with van der Waals surface area (Å²) in [7, 11) is 0. The lowest BCUT2D eigenvalue weighted by Crippen LogP contribution is -2.31. The molecule has 0 aliphatic heterocycles. The molecule has 3 rings (SSSR count). The van der Waals surface area contributed by atoms with Crippen LogP contribution in [0.4, 0.5) is 0 Å². The van der Waals surface area contributed by atoms with Crippen molar-refractivity contribution in [3.63, 3.8) is 0 Å². The fourth-order valence-electron chi connectivity index (χ4n) is 2.70. The van der Waals surface area contributed by atoms with Crippen molar-refractivity contribution in [2.75, 3.05) is 0 Å². The standard InChI is InChI=1S/C15H16ClN3OS/c1-2-5-12-14(21-19-18-12)15(20)17-13-10-7-4-3-6-9(10)8-11(13)16/h3-4,6-7,11,13H,2,5,8H2,1H3,(H,17,20). The number of amides is 1. The van der Waals surface area contributed by atoms with Gasteiger partial charge in [-0.15, -0.1) is 16.7 Å². The van der Waals surface area contributed by atoms with E-state index in [1.807, 2.05) is 18.2 Å². The molecule has 21 heavy (non-hydrogen) atoms. The second-order valence-corrected chi connectivity index (χ2v) is 6.48. The van der Waals surface area contributed by atoms with Gasteiger partial charge in [-0.2, -0.15) is 0 Å². The maximum Gasteiger partial charge on any atom is 0.265 e. The smallest absolute Gasteiger partial charge is 0.265 e. The van der Waals surface area contributed by atoms with E-state index in [1.165, 1.54) is 5.56 Å². The predicted molar refractivity (Wildman–Crippen MR) is 83.9 cm³/mol. The second-order valence-electron chi connectivity index (χ2n) is 5.17. The molecule has 2 aromatic rings. The first-order valence-corrected chi connectivity index (χ1v) is 8.25. The number of carbonyl (C=O) groups excluding carboxylic acids is 1. The number of aryl methyl sites for hydroxylation is 1. The van der Waals surface area contributed by atoms with Crippen molar-refractivity contribution in [2.24, 2.45) is 0 Å². The van der Waals surface area contributed by atoms with Crippen molar-refractivity contribution in [3.05, 3.63) is 46.0 Å². The van der Waals surface area contributed by atoms with E-state index in [9.17, 15) is 4.79 Å². The van der Waals surface area contributed by atoms with E-state index in [1.54, 1.807) is 0 Å². The summed E-state index contributed by atoms with van der Waals surface area (Å²) >= 11 is 7.55. The highest BCUT2D eigenvalue weighted by molar-refractivity contribution is 7.08. The Morgan fingerprint density at radius 1 is 1.48 bits per heavy atom. The molecule has 2 atom stereocenters. The summed E-state index contributed by atoms with van der Waals surface area (Å²) in [6.45, 7) is 2.06. The Morgan fingerprint density at radius 3 is 3.10 bits per heavy atom. The summed E-state index contributed by atoms with van der Waals surface area (Å²) in [5, 5.41) is 6.98. The lowest BCUT2D eigenvalue weighted by atomic mass is 10.1. The Kier molecular flexibility index (Phi) is 4.22. The highest BCUT2D eigenvalue weighted by Crippen LogP contribution is 2.35. The van der Waals surface area contributed by atoms with E-state index < -0.39 is 0 Å². The quantitative estimate of drug-likeness (QED) is 0.880. The number of hydrogen-bond donors (Lipinski definition) is 1. The summed E-state index contributed by atoms with van der Waals surface area (Å²) in [4.78, 5) is 13.1. The van der Waals surface area contributed by atoms with Crippen molar-refractivity contribution in [2.45, 2.75) is 37.6 Å². The molecule has 0 fully saturated rings. The zero-order valence-corrected chi connectivity index (χ0v) is 13.2. The van der Waals surface area contributed by atoms with E-state index in [4.69, 9.17) is 11.6 Å². The average molecular weight is 322 g/mol. The van der Waals surface area contributed by atoms with Crippen LogP contribution in [-0.4, -0.2) is 20.9 Å². The van der Waals surface area contributed by atoms with Crippen molar-refractivity contribution in [3.8, 4) is 0 Å². The molecule has 1 aliphatic rings. The molecule has 0 radical (unpaired) electrons. The largest absolute Gasteiger partial charge is 0.343 e. The summed E-state index contributed by atoms with van der Waals surface area (Å²) in [6, 6.07) is 7.92. The first kappa shape index (κ1) is 14.5. The molecule has 0 saturated heterocycles. The van der Waals surface area contributed by atoms with Crippen LogP contribution in [0.2, 0.25) is 0 Å². The van der Waals surface area contributed by atoms with Crippen LogP contribution in [0.5, 0.6) is 0 Å². The molecule has 6 heteroatoms. The number of alkyl halides is 1. The van der Waals surface area contributed by atoms with Gasteiger partial charge in [0, 0.05) is 0 Å². The Labute approximate surface area is 132 Å². The molecule has 1 aromatic carbocycles. The van der Waals surface area contributed by atoms with Crippen LogP contribution in [0.25, 0.3) is 0 Å². The monoisotopic (exact) mass is 321 g/mol. The van der Waals surface area contributed by atoms with Crippen LogP contribution in [0.1, 0.15) is 45.9 Å². The fraction of sp³-hybridized carbons (Fsp3) is 0.400. The van der Waals surface area contributed by atoms with E-state index >= 15 is 0 Å². The van der Waals surface area contributed by atoms with Gasteiger partial charge < -0.3 is 5.32 Å². The van der Waals surface area contributed by atoms with Gasteiger partial charge in [0.2, 0.25) is 0 Å². The zero-order valence-electron chi connectivity index (χ0n) is 11.7. The van der Waals surface area contributed by atoms with E-state index in [0.29, 0.717) is 4.88 Å². The lowest BCUT2D eigenvalue weighted by Gasteiger charge is -2.17. The third-order valence-electron chi connectivity index (χ3n) is 3.70. The van der Waals surface area contributed by atoms with Gasteiger partial charge in [-0.05, 0) is 35.5 Å². The molecule has 1 amide bonds. The van der Waals surface area contributed by atoms with Crippen LogP contribution in [0, 0.1) is 0 Å². The molecule has 1 aromatic heterocycles. The predicted octanol–water partition coefficient (Wildman–Crippen LogP) is 3.13. The van der Waals surface area contributed by atoms with Gasteiger partial charge in [0.05, 0.1) is 17.1 Å². The number of rotatable bonds is 4. The minimum absolute atomic E-state index is 0.109. The Hall–Kier alpha value is -1.46. The number of benzene rings is 1. The van der Waals surface area contributed by atoms with Gasteiger partial charge in [0.25, 0.3) is 5.91 Å². The number of hydrogen-bond acceptors (Lipinski definition) is 4. The molecule has 2 unspecified atom stereocenters. The van der Waals surface area contributed by atoms with Crippen molar-refractivity contribution < 1.29 is 4.79 Å².